The first-order valence-corrected chi connectivity index (χ1v) is 6.08. The number of halogens is 2. The third-order valence-corrected chi connectivity index (χ3v) is 3.75. The van der Waals surface area contributed by atoms with Gasteiger partial charge in [0.1, 0.15) is 5.82 Å². The van der Waals surface area contributed by atoms with Crippen LogP contribution in [0.1, 0.15) is 16.5 Å². The quantitative estimate of drug-likeness (QED) is 0.885. The third-order valence-electron chi connectivity index (χ3n) is 2.29. The Bertz CT molecular complexity index is 466. The van der Waals surface area contributed by atoms with Gasteiger partial charge in [0.15, 0.2) is 0 Å². The lowest BCUT2D eigenvalue weighted by Gasteiger charge is -2.09. The minimum Gasteiger partial charge on any atom is -0.387 e. The summed E-state index contributed by atoms with van der Waals surface area (Å²) in [5, 5.41) is 12.4. The van der Waals surface area contributed by atoms with Crippen molar-refractivity contribution in [2.75, 3.05) is 0 Å². The SMILES string of the molecule is OC(Cc1ccc(F)cc1)c1sccc1Cl. The summed E-state index contributed by atoms with van der Waals surface area (Å²) in [5.74, 6) is -0.271. The Labute approximate surface area is 102 Å². The molecule has 1 N–H and O–H groups in total. The molecular formula is C12H10ClFOS. The minimum absolute atomic E-state index is 0.271. The number of hydrogen-bond donors (Lipinski definition) is 1. The molecule has 1 heterocycles. The summed E-state index contributed by atoms with van der Waals surface area (Å²) >= 11 is 7.34. The Balaban J connectivity index is 2.10. The summed E-state index contributed by atoms with van der Waals surface area (Å²) in [5.41, 5.74) is 0.887. The fraction of sp³-hybridized carbons (Fsp3) is 0.167. The van der Waals surface area contributed by atoms with Crippen LogP contribution in [0.5, 0.6) is 0 Å². The van der Waals surface area contributed by atoms with Crippen LogP contribution >= 0.6 is 22.9 Å². The molecule has 0 aliphatic heterocycles. The second-order valence-electron chi connectivity index (χ2n) is 3.48. The van der Waals surface area contributed by atoms with E-state index < -0.39 is 6.10 Å². The largest absolute Gasteiger partial charge is 0.387 e. The van der Waals surface area contributed by atoms with Crippen LogP contribution < -0.4 is 0 Å². The molecule has 0 aliphatic carbocycles. The van der Waals surface area contributed by atoms with Crippen LogP contribution in [0.4, 0.5) is 4.39 Å². The summed E-state index contributed by atoms with van der Waals surface area (Å²) in [6, 6.07) is 7.87. The number of thiophene rings is 1. The molecule has 0 bridgehead atoms. The van der Waals surface area contributed by atoms with E-state index in [-0.39, 0.29) is 5.82 Å². The number of rotatable bonds is 3. The second kappa shape index (κ2) is 4.95. The predicted molar refractivity (Wildman–Crippen MR) is 64.4 cm³/mol. The van der Waals surface area contributed by atoms with Gasteiger partial charge in [0, 0.05) is 6.42 Å². The highest BCUT2D eigenvalue weighted by atomic mass is 35.5. The zero-order chi connectivity index (χ0) is 11.5. The van der Waals surface area contributed by atoms with E-state index in [2.05, 4.69) is 0 Å². The van der Waals surface area contributed by atoms with Gasteiger partial charge in [-0.25, -0.2) is 4.39 Å². The first-order chi connectivity index (χ1) is 7.66. The number of aliphatic hydroxyl groups excluding tert-OH is 1. The Hall–Kier alpha value is -0.900. The van der Waals surface area contributed by atoms with Crippen molar-refractivity contribution in [2.45, 2.75) is 12.5 Å². The lowest BCUT2D eigenvalue weighted by molar-refractivity contribution is 0.182. The zero-order valence-electron chi connectivity index (χ0n) is 8.36. The van der Waals surface area contributed by atoms with Crippen molar-refractivity contribution < 1.29 is 9.50 Å². The molecule has 0 radical (unpaired) electrons. The van der Waals surface area contributed by atoms with E-state index in [4.69, 9.17) is 11.6 Å². The highest BCUT2D eigenvalue weighted by molar-refractivity contribution is 7.10. The number of benzene rings is 1. The van der Waals surface area contributed by atoms with Gasteiger partial charge in [-0.1, -0.05) is 23.7 Å². The summed E-state index contributed by atoms with van der Waals surface area (Å²) in [4.78, 5) is 0.756. The highest BCUT2D eigenvalue weighted by Gasteiger charge is 2.13. The molecule has 1 atom stereocenters. The van der Waals surface area contributed by atoms with Crippen LogP contribution in [-0.4, -0.2) is 5.11 Å². The standard InChI is InChI=1S/C12H10ClFOS/c13-10-5-6-16-12(10)11(15)7-8-1-3-9(14)4-2-8/h1-6,11,15H,7H2. The number of aliphatic hydroxyl groups is 1. The molecule has 1 unspecified atom stereocenters. The maximum absolute atomic E-state index is 12.7. The molecule has 0 spiro atoms. The van der Waals surface area contributed by atoms with Crippen molar-refractivity contribution in [2.24, 2.45) is 0 Å². The predicted octanol–water partition coefficient (Wildman–Crippen LogP) is 3.82. The molecule has 0 saturated heterocycles. The van der Waals surface area contributed by atoms with Crippen molar-refractivity contribution in [3.8, 4) is 0 Å². The van der Waals surface area contributed by atoms with Crippen LogP contribution in [0.3, 0.4) is 0 Å². The van der Waals surface area contributed by atoms with E-state index in [1.165, 1.54) is 23.5 Å². The van der Waals surface area contributed by atoms with Crippen molar-refractivity contribution in [3.63, 3.8) is 0 Å². The van der Waals surface area contributed by atoms with Gasteiger partial charge in [0.25, 0.3) is 0 Å². The molecule has 0 amide bonds. The normalized spacial score (nSPS) is 12.7. The van der Waals surface area contributed by atoms with Crippen LogP contribution in [0, 0.1) is 5.82 Å². The van der Waals surface area contributed by atoms with Crippen LogP contribution in [0.25, 0.3) is 0 Å². The summed E-state index contributed by atoms with van der Waals surface area (Å²) in [7, 11) is 0. The van der Waals surface area contributed by atoms with Crippen molar-refractivity contribution in [3.05, 3.63) is 57.0 Å². The van der Waals surface area contributed by atoms with Crippen molar-refractivity contribution in [1.29, 1.82) is 0 Å². The Kier molecular flexibility index (Phi) is 3.59. The Morgan fingerprint density at radius 2 is 1.94 bits per heavy atom. The van der Waals surface area contributed by atoms with Gasteiger partial charge in [0.2, 0.25) is 0 Å². The van der Waals surface area contributed by atoms with Crippen molar-refractivity contribution in [1.82, 2.24) is 0 Å². The first kappa shape index (κ1) is 11.6. The van der Waals surface area contributed by atoms with E-state index in [0.717, 1.165) is 10.4 Å². The molecule has 2 rings (SSSR count). The average Bonchev–Trinajstić information content (AvgIpc) is 2.68. The van der Waals surface area contributed by atoms with Crippen molar-refractivity contribution >= 4 is 22.9 Å². The number of hydrogen-bond acceptors (Lipinski definition) is 2. The van der Waals surface area contributed by atoms with E-state index in [1.54, 1.807) is 18.2 Å². The van der Waals surface area contributed by atoms with Crippen LogP contribution in [0.2, 0.25) is 5.02 Å². The van der Waals surface area contributed by atoms with Gasteiger partial charge in [-0.15, -0.1) is 11.3 Å². The van der Waals surface area contributed by atoms with Gasteiger partial charge in [0.05, 0.1) is 16.0 Å². The molecule has 1 nitrogen and oxygen atoms in total. The maximum Gasteiger partial charge on any atom is 0.123 e. The van der Waals surface area contributed by atoms with E-state index >= 15 is 0 Å². The topological polar surface area (TPSA) is 20.2 Å². The molecular weight excluding hydrogens is 247 g/mol. The maximum atomic E-state index is 12.7. The first-order valence-electron chi connectivity index (χ1n) is 4.82. The smallest absolute Gasteiger partial charge is 0.123 e. The van der Waals surface area contributed by atoms with Gasteiger partial charge in [-0.3, -0.25) is 0 Å². The van der Waals surface area contributed by atoms with Gasteiger partial charge in [-0.2, -0.15) is 0 Å². The summed E-state index contributed by atoms with van der Waals surface area (Å²) < 4.78 is 12.7. The van der Waals surface area contributed by atoms with E-state index in [0.29, 0.717) is 11.4 Å². The van der Waals surface area contributed by atoms with Gasteiger partial charge < -0.3 is 5.11 Å². The van der Waals surface area contributed by atoms with Crippen LogP contribution in [-0.2, 0) is 6.42 Å². The third kappa shape index (κ3) is 2.61. The molecule has 0 saturated carbocycles. The molecule has 2 aromatic rings. The van der Waals surface area contributed by atoms with Gasteiger partial charge in [-0.05, 0) is 29.1 Å². The molecule has 16 heavy (non-hydrogen) atoms. The minimum atomic E-state index is -0.627. The molecule has 4 heteroatoms. The molecule has 0 aliphatic rings. The average molecular weight is 257 g/mol. The second-order valence-corrected chi connectivity index (χ2v) is 4.83. The van der Waals surface area contributed by atoms with Crippen LogP contribution in [0.15, 0.2) is 35.7 Å². The Morgan fingerprint density at radius 1 is 1.25 bits per heavy atom. The molecule has 84 valence electrons. The Morgan fingerprint density at radius 3 is 2.50 bits per heavy atom. The molecule has 0 fully saturated rings. The fourth-order valence-corrected chi connectivity index (χ4v) is 2.65. The highest BCUT2D eigenvalue weighted by Crippen LogP contribution is 2.30. The lowest BCUT2D eigenvalue weighted by atomic mass is 10.1. The zero-order valence-corrected chi connectivity index (χ0v) is 9.93. The fourth-order valence-electron chi connectivity index (χ4n) is 1.48. The van der Waals surface area contributed by atoms with E-state index in [1.807, 2.05) is 5.38 Å². The molecule has 1 aromatic heterocycles. The summed E-state index contributed by atoms with van der Waals surface area (Å²) in [6.45, 7) is 0. The van der Waals surface area contributed by atoms with E-state index in [9.17, 15) is 9.50 Å². The lowest BCUT2D eigenvalue weighted by Crippen LogP contribution is -2.00. The molecule has 1 aromatic carbocycles. The summed E-state index contributed by atoms with van der Waals surface area (Å²) in [6.07, 6.45) is -0.182. The van der Waals surface area contributed by atoms with Gasteiger partial charge >= 0.3 is 0 Å². The monoisotopic (exact) mass is 256 g/mol.